The van der Waals surface area contributed by atoms with E-state index in [-0.39, 0.29) is 11.9 Å². The van der Waals surface area contributed by atoms with Crippen molar-refractivity contribution in [1.82, 2.24) is 5.32 Å². The molecular formula is C9H13BrN2O2. The molecule has 1 atom stereocenters. The van der Waals surface area contributed by atoms with Crippen LogP contribution in [0.4, 0.5) is 0 Å². The highest BCUT2D eigenvalue weighted by Gasteiger charge is 2.08. The molecule has 0 saturated heterocycles. The lowest BCUT2D eigenvalue weighted by Gasteiger charge is -2.05. The summed E-state index contributed by atoms with van der Waals surface area (Å²) in [5.41, 5.74) is 6.06. The first-order valence-corrected chi connectivity index (χ1v) is 5.16. The SMILES string of the molecule is CC(N)CCNC(=O)c1coc(Br)c1. The lowest BCUT2D eigenvalue weighted by atomic mass is 10.2. The molecule has 3 N–H and O–H groups in total. The van der Waals surface area contributed by atoms with Gasteiger partial charge in [0.1, 0.15) is 6.26 Å². The zero-order chi connectivity index (χ0) is 10.6. The third-order valence-electron chi connectivity index (χ3n) is 1.71. The smallest absolute Gasteiger partial charge is 0.254 e. The lowest BCUT2D eigenvalue weighted by Crippen LogP contribution is -2.28. The summed E-state index contributed by atoms with van der Waals surface area (Å²) in [7, 11) is 0. The highest BCUT2D eigenvalue weighted by molar-refractivity contribution is 9.10. The summed E-state index contributed by atoms with van der Waals surface area (Å²) in [5, 5.41) is 2.74. The normalized spacial score (nSPS) is 12.5. The van der Waals surface area contributed by atoms with Crippen molar-refractivity contribution in [2.45, 2.75) is 19.4 Å². The molecule has 4 nitrogen and oxygen atoms in total. The Bertz CT molecular complexity index is 310. The van der Waals surface area contributed by atoms with E-state index in [1.807, 2.05) is 6.92 Å². The van der Waals surface area contributed by atoms with Crippen LogP contribution < -0.4 is 11.1 Å². The van der Waals surface area contributed by atoms with Gasteiger partial charge in [-0.05, 0) is 29.3 Å². The first-order chi connectivity index (χ1) is 6.59. The number of carbonyl (C=O) groups excluding carboxylic acids is 1. The fourth-order valence-electron chi connectivity index (χ4n) is 0.945. The van der Waals surface area contributed by atoms with Crippen LogP contribution in [0.5, 0.6) is 0 Å². The van der Waals surface area contributed by atoms with E-state index in [2.05, 4.69) is 21.2 Å². The van der Waals surface area contributed by atoms with Crippen molar-refractivity contribution in [3.8, 4) is 0 Å². The minimum atomic E-state index is -0.139. The van der Waals surface area contributed by atoms with Gasteiger partial charge in [0.2, 0.25) is 0 Å². The van der Waals surface area contributed by atoms with Crippen LogP contribution in [0, 0.1) is 0 Å². The number of hydrogen-bond donors (Lipinski definition) is 2. The Hall–Kier alpha value is -0.810. The second kappa shape index (κ2) is 5.17. The largest absolute Gasteiger partial charge is 0.457 e. The molecule has 1 aromatic heterocycles. The number of hydrogen-bond acceptors (Lipinski definition) is 3. The van der Waals surface area contributed by atoms with Crippen LogP contribution in [-0.2, 0) is 0 Å². The molecule has 0 aliphatic heterocycles. The number of amides is 1. The maximum atomic E-state index is 11.4. The molecule has 1 unspecified atom stereocenters. The van der Waals surface area contributed by atoms with Gasteiger partial charge < -0.3 is 15.5 Å². The standard InChI is InChI=1S/C9H13BrN2O2/c1-6(11)2-3-12-9(13)7-4-8(10)14-5-7/h4-6H,2-3,11H2,1H3,(H,12,13). The molecule has 1 aromatic rings. The summed E-state index contributed by atoms with van der Waals surface area (Å²) in [6, 6.07) is 1.73. The molecule has 0 aliphatic carbocycles. The molecule has 14 heavy (non-hydrogen) atoms. The van der Waals surface area contributed by atoms with E-state index in [0.717, 1.165) is 6.42 Å². The molecule has 0 radical (unpaired) electrons. The van der Waals surface area contributed by atoms with Gasteiger partial charge in [0.05, 0.1) is 5.56 Å². The zero-order valence-electron chi connectivity index (χ0n) is 7.92. The van der Waals surface area contributed by atoms with Crippen molar-refractivity contribution >= 4 is 21.8 Å². The number of halogens is 1. The average Bonchev–Trinajstić information content (AvgIpc) is 2.51. The van der Waals surface area contributed by atoms with Gasteiger partial charge in [-0.25, -0.2) is 0 Å². The van der Waals surface area contributed by atoms with Gasteiger partial charge in [-0.3, -0.25) is 4.79 Å². The maximum Gasteiger partial charge on any atom is 0.254 e. The minimum Gasteiger partial charge on any atom is -0.457 e. The number of carbonyl (C=O) groups is 1. The molecular weight excluding hydrogens is 248 g/mol. The van der Waals surface area contributed by atoms with E-state index in [1.165, 1.54) is 6.26 Å². The summed E-state index contributed by atoms with van der Waals surface area (Å²) in [5.74, 6) is -0.139. The molecule has 1 rings (SSSR count). The Morgan fingerprint density at radius 2 is 2.50 bits per heavy atom. The van der Waals surface area contributed by atoms with Crippen molar-refractivity contribution in [3.63, 3.8) is 0 Å². The fourth-order valence-corrected chi connectivity index (χ4v) is 1.28. The molecule has 0 spiro atoms. The zero-order valence-corrected chi connectivity index (χ0v) is 9.50. The fraction of sp³-hybridized carbons (Fsp3) is 0.444. The van der Waals surface area contributed by atoms with Crippen molar-refractivity contribution in [3.05, 3.63) is 22.6 Å². The predicted molar refractivity (Wildman–Crippen MR) is 57.0 cm³/mol. The van der Waals surface area contributed by atoms with E-state index in [0.29, 0.717) is 16.8 Å². The van der Waals surface area contributed by atoms with E-state index in [4.69, 9.17) is 10.2 Å². The third-order valence-corrected chi connectivity index (χ3v) is 2.13. The third kappa shape index (κ3) is 3.51. The first kappa shape index (κ1) is 11.3. The van der Waals surface area contributed by atoms with Crippen molar-refractivity contribution < 1.29 is 9.21 Å². The topological polar surface area (TPSA) is 68.3 Å². The molecule has 1 amide bonds. The molecule has 5 heteroatoms. The van der Waals surface area contributed by atoms with Crippen LogP contribution in [0.25, 0.3) is 0 Å². The Morgan fingerprint density at radius 3 is 3.00 bits per heavy atom. The van der Waals surface area contributed by atoms with Gasteiger partial charge in [-0.1, -0.05) is 0 Å². The lowest BCUT2D eigenvalue weighted by molar-refractivity contribution is 0.0952. The number of nitrogens with two attached hydrogens (primary N) is 1. The minimum absolute atomic E-state index is 0.103. The van der Waals surface area contributed by atoms with Crippen LogP contribution >= 0.6 is 15.9 Å². The molecule has 0 aromatic carbocycles. The van der Waals surface area contributed by atoms with E-state index < -0.39 is 0 Å². The predicted octanol–water partition coefficient (Wildman–Crippen LogP) is 1.51. The van der Waals surface area contributed by atoms with Crippen molar-refractivity contribution in [1.29, 1.82) is 0 Å². The number of nitrogens with one attached hydrogen (secondary N) is 1. The molecule has 1 heterocycles. The molecule has 78 valence electrons. The maximum absolute atomic E-state index is 11.4. The summed E-state index contributed by atoms with van der Waals surface area (Å²) in [6.45, 7) is 2.49. The van der Waals surface area contributed by atoms with Crippen molar-refractivity contribution in [2.24, 2.45) is 5.73 Å². The highest BCUT2D eigenvalue weighted by Crippen LogP contribution is 2.13. The van der Waals surface area contributed by atoms with Gasteiger partial charge in [-0.15, -0.1) is 0 Å². The Kier molecular flexibility index (Phi) is 4.16. The monoisotopic (exact) mass is 260 g/mol. The van der Waals surface area contributed by atoms with Gasteiger partial charge >= 0.3 is 0 Å². The van der Waals surface area contributed by atoms with E-state index in [1.54, 1.807) is 6.07 Å². The molecule has 0 aliphatic rings. The van der Waals surface area contributed by atoms with Gasteiger partial charge in [-0.2, -0.15) is 0 Å². The molecule has 0 saturated carbocycles. The number of rotatable bonds is 4. The van der Waals surface area contributed by atoms with Crippen LogP contribution in [0.1, 0.15) is 23.7 Å². The van der Waals surface area contributed by atoms with Gasteiger partial charge in [0.15, 0.2) is 4.67 Å². The highest BCUT2D eigenvalue weighted by atomic mass is 79.9. The van der Waals surface area contributed by atoms with Gasteiger partial charge in [0.25, 0.3) is 5.91 Å². The summed E-state index contributed by atoms with van der Waals surface area (Å²) in [6.07, 6.45) is 2.18. The van der Waals surface area contributed by atoms with E-state index >= 15 is 0 Å². The summed E-state index contributed by atoms with van der Waals surface area (Å²) >= 11 is 3.13. The second-order valence-corrected chi connectivity index (χ2v) is 3.94. The van der Waals surface area contributed by atoms with E-state index in [9.17, 15) is 4.79 Å². The molecule has 0 fully saturated rings. The van der Waals surface area contributed by atoms with Crippen LogP contribution in [-0.4, -0.2) is 18.5 Å². The Balaban J connectivity index is 2.36. The summed E-state index contributed by atoms with van der Waals surface area (Å²) in [4.78, 5) is 11.4. The average molecular weight is 261 g/mol. The van der Waals surface area contributed by atoms with Crippen LogP contribution in [0.3, 0.4) is 0 Å². The quantitative estimate of drug-likeness (QED) is 0.863. The molecule has 0 bridgehead atoms. The Labute approximate surface area is 91.0 Å². The van der Waals surface area contributed by atoms with Crippen molar-refractivity contribution in [2.75, 3.05) is 6.54 Å². The first-order valence-electron chi connectivity index (χ1n) is 4.37. The summed E-state index contributed by atoms with van der Waals surface area (Å²) < 4.78 is 5.49. The Morgan fingerprint density at radius 1 is 1.79 bits per heavy atom. The second-order valence-electron chi connectivity index (χ2n) is 3.16. The number of furan rings is 1. The van der Waals surface area contributed by atoms with Gasteiger partial charge in [0, 0.05) is 18.7 Å². The van der Waals surface area contributed by atoms with Crippen LogP contribution in [0.15, 0.2) is 21.4 Å². The van der Waals surface area contributed by atoms with Crippen LogP contribution in [0.2, 0.25) is 0 Å².